The number of carbonyl (C=O) groups excluding carboxylic acids is 3. The second kappa shape index (κ2) is 6.26. The quantitative estimate of drug-likeness (QED) is 0.290. The zero-order valence-electron chi connectivity index (χ0n) is 12.4. The number of nitrogens with zero attached hydrogens (tertiary/aromatic N) is 2. The molecule has 1 N–H and O–H groups in total. The van der Waals surface area contributed by atoms with Gasteiger partial charge in [0.2, 0.25) is 0 Å². The van der Waals surface area contributed by atoms with Crippen molar-refractivity contribution in [2.24, 2.45) is 0 Å². The smallest absolute Gasteiger partial charge is 0.329 e. The van der Waals surface area contributed by atoms with Crippen LogP contribution in [-0.2, 0) is 14.3 Å². The van der Waals surface area contributed by atoms with Crippen LogP contribution in [0.25, 0.3) is 6.08 Å². The van der Waals surface area contributed by atoms with E-state index in [1.54, 1.807) is 13.0 Å². The predicted molar refractivity (Wildman–Crippen MR) is 78.1 cm³/mol. The van der Waals surface area contributed by atoms with Crippen LogP contribution >= 0.6 is 0 Å². The highest BCUT2D eigenvalue weighted by Gasteiger charge is 2.35. The molecule has 0 aliphatic carbocycles. The summed E-state index contributed by atoms with van der Waals surface area (Å²) in [6.45, 7) is 1.09. The van der Waals surface area contributed by atoms with E-state index in [4.69, 9.17) is 0 Å². The third-order valence-electron chi connectivity index (χ3n) is 3.22. The predicted octanol–water partition coefficient (Wildman–Crippen LogP) is 0.969. The average molecular weight is 319 g/mol. The maximum absolute atomic E-state index is 12.1. The lowest BCUT2D eigenvalue weighted by Crippen LogP contribution is -2.36. The topological polar surface area (TPSA) is 119 Å². The van der Waals surface area contributed by atoms with E-state index in [1.165, 1.54) is 18.2 Å². The number of amides is 3. The van der Waals surface area contributed by atoms with Gasteiger partial charge in [-0.1, -0.05) is 12.1 Å². The fourth-order valence-corrected chi connectivity index (χ4v) is 1.99. The summed E-state index contributed by atoms with van der Waals surface area (Å²) in [6, 6.07) is 3.66. The number of nitro groups is 1. The molecule has 1 aliphatic heterocycles. The Morgan fingerprint density at radius 3 is 2.74 bits per heavy atom. The molecule has 0 spiro atoms. The van der Waals surface area contributed by atoms with Gasteiger partial charge in [0.05, 0.1) is 12.0 Å². The van der Waals surface area contributed by atoms with Crippen molar-refractivity contribution in [3.63, 3.8) is 0 Å². The number of aryl methyl sites for hydroxylation is 1. The highest BCUT2D eigenvalue weighted by atomic mass is 16.6. The lowest BCUT2D eigenvalue weighted by atomic mass is 10.1. The van der Waals surface area contributed by atoms with Gasteiger partial charge in [-0.05, 0) is 18.6 Å². The maximum atomic E-state index is 12.1. The first-order valence-electron chi connectivity index (χ1n) is 6.50. The number of benzene rings is 1. The lowest BCUT2D eigenvalue weighted by molar-refractivity contribution is -0.385. The van der Waals surface area contributed by atoms with Gasteiger partial charge in [-0.3, -0.25) is 19.7 Å². The number of imide groups is 1. The van der Waals surface area contributed by atoms with Crippen molar-refractivity contribution < 1.29 is 24.0 Å². The largest absolute Gasteiger partial charge is 0.468 e. The number of carbonyl (C=O) groups is 3. The molecule has 0 aromatic heterocycles. The Hall–Kier alpha value is -3.23. The molecular formula is C14H13N3O6. The number of ether oxygens (including phenoxy) is 1. The highest BCUT2D eigenvalue weighted by molar-refractivity contribution is 6.15. The molecule has 2 rings (SSSR count). The van der Waals surface area contributed by atoms with Crippen LogP contribution in [0.2, 0.25) is 0 Å². The van der Waals surface area contributed by atoms with Crippen LogP contribution in [0.5, 0.6) is 0 Å². The fourth-order valence-electron chi connectivity index (χ4n) is 1.99. The molecule has 23 heavy (non-hydrogen) atoms. The summed E-state index contributed by atoms with van der Waals surface area (Å²) in [7, 11) is 1.14. The van der Waals surface area contributed by atoms with E-state index in [9.17, 15) is 24.5 Å². The summed E-state index contributed by atoms with van der Waals surface area (Å²) < 4.78 is 4.41. The average Bonchev–Trinajstić information content (AvgIpc) is 2.76. The molecule has 9 heteroatoms. The van der Waals surface area contributed by atoms with E-state index in [-0.39, 0.29) is 11.4 Å². The normalized spacial score (nSPS) is 15.7. The van der Waals surface area contributed by atoms with Gasteiger partial charge in [-0.2, -0.15) is 0 Å². The van der Waals surface area contributed by atoms with E-state index >= 15 is 0 Å². The third kappa shape index (κ3) is 3.34. The van der Waals surface area contributed by atoms with E-state index in [0.717, 1.165) is 7.11 Å². The summed E-state index contributed by atoms with van der Waals surface area (Å²) >= 11 is 0. The summed E-state index contributed by atoms with van der Waals surface area (Å²) in [5, 5.41) is 13.2. The summed E-state index contributed by atoms with van der Waals surface area (Å²) in [5.41, 5.74) is 0.691. The lowest BCUT2D eigenvalue weighted by Gasteiger charge is -2.09. The zero-order valence-corrected chi connectivity index (χ0v) is 12.4. The van der Waals surface area contributed by atoms with Crippen LogP contribution in [0.3, 0.4) is 0 Å². The number of rotatable bonds is 4. The minimum atomic E-state index is -0.756. The number of nitro benzene ring substituents is 1. The van der Waals surface area contributed by atoms with Gasteiger partial charge >= 0.3 is 12.0 Å². The van der Waals surface area contributed by atoms with Crippen molar-refractivity contribution in [2.45, 2.75) is 6.92 Å². The molecule has 1 saturated heterocycles. The molecular weight excluding hydrogens is 306 g/mol. The minimum Gasteiger partial charge on any atom is -0.468 e. The van der Waals surface area contributed by atoms with Gasteiger partial charge in [0.15, 0.2) is 0 Å². The van der Waals surface area contributed by atoms with Gasteiger partial charge in [0.1, 0.15) is 12.2 Å². The van der Waals surface area contributed by atoms with Gasteiger partial charge < -0.3 is 10.1 Å². The minimum absolute atomic E-state index is 0.0722. The molecule has 1 heterocycles. The number of hydrogen-bond acceptors (Lipinski definition) is 6. The van der Waals surface area contributed by atoms with Crippen LogP contribution in [-0.4, -0.2) is 41.4 Å². The second-order valence-corrected chi connectivity index (χ2v) is 4.76. The van der Waals surface area contributed by atoms with Gasteiger partial charge in [0, 0.05) is 11.6 Å². The molecule has 0 radical (unpaired) electrons. The summed E-state index contributed by atoms with van der Waals surface area (Å²) in [5.74, 6) is -1.44. The van der Waals surface area contributed by atoms with E-state index in [1.807, 2.05) is 0 Å². The number of urea groups is 1. The Kier molecular flexibility index (Phi) is 4.39. The van der Waals surface area contributed by atoms with Crippen LogP contribution in [0.15, 0.2) is 23.9 Å². The molecule has 0 saturated carbocycles. The van der Waals surface area contributed by atoms with Crippen molar-refractivity contribution in [3.8, 4) is 0 Å². The molecule has 120 valence electrons. The molecule has 0 unspecified atom stereocenters. The number of nitrogens with one attached hydrogen (secondary N) is 1. The number of methoxy groups -OCH3 is 1. The fraction of sp³-hybridized carbons (Fsp3) is 0.214. The van der Waals surface area contributed by atoms with Crippen LogP contribution in [0.4, 0.5) is 10.5 Å². The van der Waals surface area contributed by atoms with Gasteiger partial charge in [-0.25, -0.2) is 9.69 Å². The van der Waals surface area contributed by atoms with Crippen LogP contribution in [0, 0.1) is 17.0 Å². The molecule has 0 atom stereocenters. The Bertz CT molecular complexity index is 740. The maximum Gasteiger partial charge on any atom is 0.329 e. The monoisotopic (exact) mass is 319 g/mol. The Labute approximate surface area is 130 Å². The number of esters is 1. The Balaban J connectivity index is 2.29. The molecule has 9 nitrogen and oxygen atoms in total. The molecule has 3 amide bonds. The molecule has 1 aliphatic rings. The van der Waals surface area contributed by atoms with Crippen LogP contribution in [0.1, 0.15) is 11.1 Å². The molecule has 0 bridgehead atoms. The Morgan fingerprint density at radius 1 is 1.43 bits per heavy atom. The molecule has 1 fully saturated rings. The van der Waals surface area contributed by atoms with Crippen molar-refractivity contribution in [3.05, 3.63) is 45.1 Å². The number of hydrogen-bond donors (Lipinski definition) is 1. The van der Waals surface area contributed by atoms with Crippen molar-refractivity contribution >= 4 is 29.7 Å². The molecule has 1 aromatic carbocycles. The third-order valence-corrected chi connectivity index (χ3v) is 3.22. The standard InChI is InChI=1S/C14H13N3O6/c1-8-3-4-9(6-11(8)17(21)22)5-10-13(19)16(14(20)15-10)7-12(18)23-2/h3-6H,7H2,1-2H3,(H,15,20)/b10-5+. The first kappa shape index (κ1) is 16.1. The Morgan fingerprint density at radius 2 is 2.13 bits per heavy atom. The van der Waals surface area contributed by atoms with Crippen molar-refractivity contribution in [2.75, 3.05) is 13.7 Å². The molecule has 1 aromatic rings. The van der Waals surface area contributed by atoms with E-state index in [2.05, 4.69) is 10.1 Å². The zero-order chi connectivity index (χ0) is 17.1. The van der Waals surface area contributed by atoms with Gasteiger partial charge in [-0.15, -0.1) is 0 Å². The van der Waals surface area contributed by atoms with E-state index < -0.39 is 29.4 Å². The van der Waals surface area contributed by atoms with Crippen LogP contribution < -0.4 is 5.32 Å². The summed E-state index contributed by atoms with van der Waals surface area (Å²) in [4.78, 5) is 46.1. The van der Waals surface area contributed by atoms with Crippen molar-refractivity contribution in [1.29, 1.82) is 0 Å². The van der Waals surface area contributed by atoms with E-state index in [0.29, 0.717) is 16.0 Å². The SMILES string of the molecule is COC(=O)CN1C(=O)N/C(=C/c2ccc(C)c([N+](=O)[O-])c2)C1=O. The van der Waals surface area contributed by atoms with Crippen molar-refractivity contribution in [1.82, 2.24) is 10.2 Å². The second-order valence-electron chi connectivity index (χ2n) is 4.76. The highest BCUT2D eigenvalue weighted by Crippen LogP contribution is 2.22. The first-order chi connectivity index (χ1) is 10.8. The van der Waals surface area contributed by atoms with Gasteiger partial charge in [0.25, 0.3) is 11.6 Å². The first-order valence-corrected chi connectivity index (χ1v) is 6.50. The summed E-state index contributed by atoms with van der Waals surface area (Å²) in [6.07, 6.45) is 1.31.